The fourth-order valence-electron chi connectivity index (χ4n) is 2.80. The maximum atomic E-state index is 12.5. The van der Waals surface area contributed by atoms with Crippen molar-refractivity contribution in [2.24, 2.45) is 5.73 Å². The number of primary amides is 1. The highest BCUT2D eigenvalue weighted by atomic mass is 19.3. The average molecular weight is 442 g/mol. The van der Waals surface area contributed by atoms with Gasteiger partial charge >= 0.3 is 6.61 Å². The first-order valence-electron chi connectivity index (χ1n) is 9.43. The topological polar surface area (TPSA) is 99.9 Å². The zero-order valence-electron chi connectivity index (χ0n) is 17.0. The van der Waals surface area contributed by atoms with Crippen molar-refractivity contribution in [2.75, 3.05) is 7.11 Å². The molecule has 0 fully saturated rings. The first-order valence-corrected chi connectivity index (χ1v) is 9.43. The van der Waals surface area contributed by atoms with E-state index in [0.29, 0.717) is 28.2 Å². The van der Waals surface area contributed by atoms with Crippen LogP contribution >= 0.6 is 0 Å². The van der Waals surface area contributed by atoms with Crippen molar-refractivity contribution in [1.29, 1.82) is 0 Å². The smallest absolute Gasteiger partial charge is 0.387 e. The fourth-order valence-corrected chi connectivity index (χ4v) is 2.80. The first-order chi connectivity index (χ1) is 15.4. The standard InChI is InChI=1S/C23H20F2N2O5/c1-30-19-11-2-14(12-20(19)32-23(24)25)13-27-22(29)16-5-9-18(10-6-16)31-17-7-3-15(4-8-17)21(26)28/h2-12,23H,13H2,1H3,(H2,26,28)(H,27,29). The van der Waals surface area contributed by atoms with Gasteiger partial charge in [0, 0.05) is 17.7 Å². The van der Waals surface area contributed by atoms with Crippen LogP contribution in [-0.4, -0.2) is 25.5 Å². The van der Waals surface area contributed by atoms with Crippen molar-refractivity contribution in [3.05, 3.63) is 83.4 Å². The van der Waals surface area contributed by atoms with Crippen LogP contribution in [0.3, 0.4) is 0 Å². The van der Waals surface area contributed by atoms with E-state index in [1.54, 1.807) is 54.6 Å². The van der Waals surface area contributed by atoms with E-state index in [-0.39, 0.29) is 24.0 Å². The molecule has 2 amide bonds. The Bertz CT molecular complexity index is 1090. The molecular weight excluding hydrogens is 422 g/mol. The third-order valence-corrected chi connectivity index (χ3v) is 4.39. The minimum Gasteiger partial charge on any atom is -0.493 e. The molecule has 0 saturated carbocycles. The number of carbonyl (C=O) groups is 2. The van der Waals surface area contributed by atoms with Crippen LogP contribution in [0.2, 0.25) is 0 Å². The number of carbonyl (C=O) groups excluding carboxylic acids is 2. The van der Waals surface area contributed by atoms with Crippen LogP contribution in [0.15, 0.2) is 66.7 Å². The van der Waals surface area contributed by atoms with Crippen LogP contribution in [-0.2, 0) is 6.54 Å². The van der Waals surface area contributed by atoms with Crippen molar-refractivity contribution in [3.63, 3.8) is 0 Å². The van der Waals surface area contributed by atoms with Crippen LogP contribution in [0.1, 0.15) is 26.3 Å². The number of alkyl halides is 2. The Morgan fingerprint density at radius 1 is 0.906 bits per heavy atom. The Kier molecular flexibility index (Phi) is 7.22. The van der Waals surface area contributed by atoms with Crippen molar-refractivity contribution in [1.82, 2.24) is 5.32 Å². The number of hydrogen-bond acceptors (Lipinski definition) is 5. The van der Waals surface area contributed by atoms with Gasteiger partial charge in [0.15, 0.2) is 11.5 Å². The molecule has 0 bridgehead atoms. The number of nitrogens with two attached hydrogens (primary N) is 1. The first kappa shape index (κ1) is 22.5. The maximum absolute atomic E-state index is 12.5. The van der Waals surface area contributed by atoms with Gasteiger partial charge in [-0.2, -0.15) is 8.78 Å². The maximum Gasteiger partial charge on any atom is 0.387 e. The number of ether oxygens (including phenoxy) is 3. The minimum absolute atomic E-state index is 0.104. The summed E-state index contributed by atoms with van der Waals surface area (Å²) in [6.45, 7) is -2.89. The zero-order valence-corrected chi connectivity index (χ0v) is 17.0. The number of nitrogens with one attached hydrogen (secondary N) is 1. The lowest BCUT2D eigenvalue weighted by atomic mass is 10.1. The van der Waals surface area contributed by atoms with Gasteiger partial charge in [0.1, 0.15) is 11.5 Å². The highest BCUT2D eigenvalue weighted by Crippen LogP contribution is 2.29. The van der Waals surface area contributed by atoms with Gasteiger partial charge in [0.2, 0.25) is 5.91 Å². The summed E-state index contributed by atoms with van der Waals surface area (Å²) in [5.74, 6) is 0.180. The molecule has 0 aliphatic heterocycles. The molecule has 0 atom stereocenters. The van der Waals surface area contributed by atoms with E-state index in [4.69, 9.17) is 15.2 Å². The Morgan fingerprint density at radius 2 is 1.50 bits per heavy atom. The van der Waals surface area contributed by atoms with E-state index in [2.05, 4.69) is 10.1 Å². The summed E-state index contributed by atoms with van der Waals surface area (Å²) < 4.78 is 40.2. The van der Waals surface area contributed by atoms with Crippen molar-refractivity contribution in [3.8, 4) is 23.0 Å². The van der Waals surface area contributed by atoms with Gasteiger partial charge in [0.25, 0.3) is 5.91 Å². The molecule has 0 radical (unpaired) electrons. The van der Waals surface area contributed by atoms with Gasteiger partial charge in [0.05, 0.1) is 7.11 Å². The normalized spacial score (nSPS) is 10.5. The monoisotopic (exact) mass is 442 g/mol. The summed E-state index contributed by atoms with van der Waals surface area (Å²) in [6, 6.07) is 17.3. The van der Waals surface area contributed by atoms with Gasteiger partial charge in [-0.1, -0.05) is 6.07 Å². The molecule has 0 aromatic heterocycles. The molecular formula is C23H20F2N2O5. The van der Waals surface area contributed by atoms with E-state index in [9.17, 15) is 18.4 Å². The SMILES string of the molecule is COc1ccc(CNC(=O)c2ccc(Oc3ccc(C(N)=O)cc3)cc2)cc1OC(F)F. The molecule has 0 unspecified atom stereocenters. The third-order valence-electron chi connectivity index (χ3n) is 4.39. The number of rotatable bonds is 9. The Labute approximate surface area is 182 Å². The number of amides is 2. The van der Waals surface area contributed by atoms with Crippen LogP contribution in [0.5, 0.6) is 23.0 Å². The van der Waals surface area contributed by atoms with Gasteiger partial charge in [-0.3, -0.25) is 9.59 Å². The van der Waals surface area contributed by atoms with Crippen LogP contribution < -0.4 is 25.3 Å². The van der Waals surface area contributed by atoms with Crippen molar-refractivity contribution < 1.29 is 32.6 Å². The highest BCUT2D eigenvalue weighted by Gasteiger charge is 2.12. The summed E-state index contributed by atoms with van der Waals surface area (Å²) in [5.41, 5.74) is 6.52. The second-order valence-electron chi connectivity index (χ2n) is 6.56. The molecule has 0 heterocycles. The molecule has 0 aliphatic carbocycles. The minimum atomic E-state index is -2.99. The lowest BCUT2D eigenvalue weighted by molar-refractivity contribution is -0.0512. The molecule has 3 aromatic carbocycles. The van der Waals surface area contributed by atoms with Crippen molar-refractivity contribution in [2.45, 2.75) is 13.2 Å². The number of benzene rings is 3. The van der Waals surface area contributed by atoms with E-state index in [0.717, 1.165) is 0 Å². The predicted molar refractivity (Wildman–Crippen MR) is 112 cm³/mol. The van der Waals surface area contributed by atoms with Gasteiger partial charge in [-0.15, -0.1) is 0 Å². The Morgan fingerprint density at radius 3 is 2.03 bits per heavy atom. The fraction of sp³-hybridized carbons (Fsp3) is 0.130. The Hall–Kier alpha value is -4.14. The van der Waals surface area contributed by atoms with Crippen molar-refractivity contribution >= 4 is 11.8 Å². The van der Waals surface area contributed by atoms with Gasteiger partial charge < -0.3 is 25.3 Å². The largest absolute Gasteiger partial charge is 0.493 e. The lowest BCUT2D eigenvalue weighted by Crippen LogP contribution is -2.22. The Balaban J connectivity index is 1.59. The molecule has 3 rings (SSSR count). The molecule has 32 heavy (non-hydrogen) atoms. The van der Waals surface area contributed by atoms with Crippen LogP contribution in [0, 0.1) is 0 Å². The molecule has 3 aromatic rings. The van der Waals surface area contributed by atoms with Crippen LogP contribution in [0.25, 0.3) is 0 Å². The molecule has 0 aliphatic rings. The number of methoxy groups -OCH3 is 1. The molecule has 3 N–H and O–H groups in total. The van der Waals surface area contributed by atoms with Gasteiger partial charge in [-0.25, -0.2) is 0 Å². The summed E-state index contributed by atoms with van der Waals surface area (Å²) in [6.07, 6.45) is 0. The summed E-state index contributed by atoms with van der Waals surface area (Å²) in [4.78, 5) is 23.5. The van der Waals surface area contributed by atoms with E-state index in [1.165, 1.54) is 19.2 Å². The summed E-state index contributed by atoms with van der Waals surface area (Å²) in [5, 5.41) is 2.71. The third kappa shape index (κ3) is 5.94. The highest BCUT2D eigenvalue weighted by molar-refractivity contribution is 5.94. The number of halogens is 2. The van der Waals surface area contributed by atoms with E-state index < -0.39 is 12.5 Å². The van der Waals surface area contributed by atoms with E-state index >= 15 is 0 Å². The molecule has 0 spiro atoms. The quantitative estimate of drug-likeness (QED) is 0.519. The average Bonchev–Trinajstić information content (AvgIpc) is 2.78. The predicted octanol–water partition coefficient (Wildman–Crippen LogP) is 4.12. The molecule has 9 heteroatoms. The van der Waals surface area contributed by atoms with Gasteiger partial charge in [-0.05, 0) is 66.2 Å². The molecule has 0 saturated heterocycles. The lowest BCUT2D eigenvalue weighted by Gasteiger charge is -2.12. The second-order valence-corrected chi connectivity index (χ2v) is 6.56. The molecule has 7 nitrogen and oxygen atoms in total. The summed E-state index contributed by atoms with van der Waals surface area (Å²) in [7, 11) is 1.35. The number of hydrogen-bond donors (Lipinski definition) is 2. The van der Waals surface area contributed by atoms with E-state index in [1.807, 2.05) is 0 Å². The molecule has 166 valence electrons. The second kappa shape index (κ2) is 10.3. The zero-order chi connectivity index (χ0) is 23.1. The van der Waals surface area contributed by atoms with Crippen LogP contribution in [0.4, 0.5) is 8.78 Å². The summed E-state index contributed by atoms with van der Waals surface area (Å²) >= 11 is 0.